The van der Waals surface area contributed by atoms with Crippen molar-refractivity contribution in [1.82, 2.24) is 5.32 Å². The zero-order valence-corrected chi connectivity index (χ0v) is 11.4. The fraction of sp³-hybridized carbons (Fsp3) is 0.412. The number of hydrogen-bond acceptors (Lipinski definition) is 2. The Labute approximate surface area is 114 Å². The molecule has 19 heavy (non-hydrogen) atoms. The van der Waals surface area contributed by atoms with Crippen LogP contribution < -0.4 is 5.32 Å². The Bertz CT molecular complexity index is 518. The molecule has 0 bridgehead atoms. The van der Waals surface area contributed by atoms with Crippen LogP contribution in [-0.4, -0.2) is 6.54 Å². The minimum absolute atomic E-state index is 0.366. The molecule has 0 saturated heterocycles. The zero-order valence-electron chi connectivity index (χ0n) is 11.4. The lowest BCUT2D eigenvalue weighted by Crippen LogP contribution is -2.29. The SMILES string of the molecule is CCNC(c1ccoc1)C1CCCc2ccccc21. The van der Waals surface area contributed by atoms with Crippen LogP contribution in [0.15, 0.2) is 47.3 Å². The van der Waals surface area contributed by atoms with Gasteiger partial charge in [0.05, 0.1) is 12.5 Å². The van der Waals surface area contributed by atoms with Gasteiger partial charge in [0, 0.05) is 17.5 Å². The average Bonchev–Trinajstić information content (AvgIpc) is 2.98. The normalized spacial score (nSPS) is 19.9. The number of fused-ring (bicyclic) bond motifs is 1. The lowest BCUT2D eigenvalue weighted by atomic mass is 9.77. The monoisotopic (exact) mass is 255 g/mol. The second-order valence-corrected chi connectivity index (χ2v) is 5.29. The molecular weight excluding hydrogens is 234 g/mol. The number of nitrogens with one attached hydrogen (secondary N) is 1. The highest BCUT2D eigenvalue weighted by atomic mass is 16.3. The Balaban J connectivity index is 1.96. The van der Waals surface area contributed by atoms with Crippen molar-refractivity contribution in [3.8, 4) is 0 Å². The molecule has 0 fully saturated rings. The van der Waals surface area contributed by atoms with E-state index in [0.717, 1.165) is 6.54 Å². The van der Waals surface area contributed by atoms with Crippen molar-refractivity contribution in [2.24, 2.45) is 0 Å². The van der Waals surface area contributed by atoms with E-state index in [-0.39, 0.29) is 0 Å². The Morgan fingerprint density at radius 2 is 2.21 bits per heavy atom. The molecule has 1 aromatic carbocycles. The van der Waals surface area contributed by atoms with Gasteiger partial charge in [-0.25, -0.2) is 0 Å². The van der Waals surface area contributed by atoms with Crippen LogP contribution in [0.2, 0.25) is 0 Å². The quantitative estimate of drug-likeness (QED) is 0.891. The molecule has 1 N–H and O–H groups in total. The van der Waals surface area contributed by atoms with E-state index in [4.69, 9.17) is 4.42 Å². The summed E-state index contributed by atoms with van der Waals surface area (Å²) in [4.78, 5) is 0. The highest BCUT2D eigenvalue weighted by Gasteiger charge is 2.28. The molecule has 100 valence electrons. The van der Waals surface area contributed by atoms with Crippen molar-refractivity contribution in [2.75, 3.05) is 6.54 Å². The molecule has 0 aliphatic heterocycles. The van der Waals surface area contributed by atoms with Crippen LogP contribution in [0.3, 0.4) is 0 Å². The van der Waals surface area contributed by atoms with Gasteiger partial charge in [-0.3, -0.25) is 0 Å². The summed E-state index contributed by atoms with van der Waals surface area (Å²) < 4.78 is 5.28. The minimum Gasteiger partial charge on any atom is -0.472 e. The Morgan fingerprint density at radius 3 is 3.00 bits per heavy atom. The largest absolute Gasteiger partial charge is 0.472 e. The summed E-state index contributed by atoms with van der Waals surface area (Å²) in [6, 6.07) is 11.3. The fourth-order valence-electron chi connectivity index (χ4n) is 3.30. The molecule has 3 rings (SSSR count). The number of furan rings is 1. The zero-order chi connectivity index (χ0) is 13.1. The number of hydrogen-bond donors (Lipinski definition) is 1. The van der Waals surface area contributed by atoms with Crippen molar-refractivity contribution in [3.63, 3.8) is 0 Å². The molecule has 2 atom stereocenters. The van der Waals surface area contributed by atoms with Gasteiger partial charge in [-0.15, -0.1) is 0 Å². The molecule has 0 spiro atoms. The van der Waals surface area contributed by atoms with Gasteiger partial charge in [-0.05, 0) is 43.0 Å². The second-order valence-electron chi connectivity index (χ2n) is 5.29. The first-order valence-electron chi connectivity index (χ1n) is 7.23. The van der Waals surface area contributed by atoms with Crippen LogP contribution in [0.1, 0.15) is 48.4 Å². The molecule has 2 aromatic rings. The molecule has 1 aliphatic carbocycles. The standard InChI is InChI=1S/C17H21NO/c1-2-18-17(14-10-11-19-12-14)16-9-5-7-13-6-3-4-8-15(13)16/h3-4,6,8,10-12,16-18H,2,5,7,9H2,1H3. The third-order valence-corrected chi connectivity index (χ3v) is 4.14. The van der Waals surface area contributed by atoms with Gasteiger partial charge >= 0.3 is 0 Å². The van der Waals surface area contributed by atoms with Crippen LogP contribution in [-0.2, 0) is 6.42 Å². The highest BCUT2D eigenvalue weighted by molar-refractivity contribution is 5.35. The van der Waals surface area contributed by atoms with Crippen molar-refractivity contribution in [2.45, 2.75) is 38.1 Å². The Morgan fingerprint density at radius 1 is 1.32 bits per heavy atom. The molecule has 0 amide bonds. The smallest absolute Gasteiger partial charge is 0.0950 e. The van der Waals surface area contributed by atoms with E-state index in [1.54, 1.807) is 6.26 Å². The van der Waals surface area contributed by atoms with Crippen molar-refractivity contribution in [3.05, 3.63) is 59.5 Å². The van der Waals surface area contributed by atoms with Crippen LogP contribution >= 0.6 is 0 Å². The van der Waals surface area contributed by atoms with E-state index in [0.29, 0.717) is 12.0 Å². The Hall–Kier alpha value is -1.54. The van der Waals surface area contributed by atoms with Crippen LogP contribution in [0.5, 0.6) is 0 Å². The minimum atomic E-state index is 0.366. The summed E-state index contributed by atoms with van der Waals surface area (Å²) in [5, 5.41) is 3.64. The number of aryl methyl sites for hydroxylation is 1. The van der Waals surface area contributed by atoms with Gasteiger partial charge in [0.15, 0.2) is 0 Å². The lowest BCUT2D eigenvalue weighted by molar-refractivity contribution is 0.405. The molecule has 1 heterocycles. The van der Waals surface area contributed by atoms with Crippen molar-refractivity contribution >= 4 is 0 Å². The molecule has 0 saturated carbocycles. The molecule has 1 aromatic heterocycles. The van der Waals surface area contributed by atoms with Crippen molar-refractivity contribution < 1.29 is 4.42 Å². The third kappa shape index (κ3) is 2.45. The average molecular weight is 255 g/mol. The summed E-state index contributed by atoms with van der Waals surface area (Å²) in [6.07, 6.45) is 7.40. The van der Waals surface area contributed by atoms with E-state index in [1.165, 1.54) is 36.0 Å². The predicted octanol–water partition coefficient (Wildman–Crippen LogP) is 4.05. The van der Waals surface area contributed by atoms with E-state index < -0.39 is 0 Å². The van der Waals surface area contributed by atoms with Crippen LogP contribution in [0, 0.1) is 0 Å². The predicted molar refractivity (Wildman–Crippen MR) is 77.2 cm³/mol. The van der Waals surface area contributed by atoms with Gasteiger partial charge in [-0.2, -0.15) is 0 Å². The third-order valence-electron chi connectivity index (χ3n) is 4.14. The molecule has 0 radical (unpaired) electrons. The maximum absolute atomic E-state index is 5.28. The molecule has 2 unspecified atom stereocenters. The molecular formula is C17H21NO. The maximum Gasteiger partial charge on any atom is 0.0950 e. The molecule has 2 heteroatoms. The first-order valence-corrected chi connectivity index (χ1v) is 7.23. The highest BCUT2D eigenvalue weighted by Crippen LogP contribution is 2.40. The van der Waals surface area contributed by atoms with Crippen molar-refractivity contribution in [1.29, 1.82) is 0 Å². The number of benzene rings is 1. The van der Waals surface area contributed by atoms with Gasteiger partial charge < -0.3 is 9.73 Å². The fourth-order valence-corrected chi connectivity index (χ4v) is 3.30. The topological polar surface area (TPSA) is 25.2 Å². The van der Waals surface area contributed by atoms with E-state index in [9.17, 15) is 0 Å². The van der Waals surface area contributed by atoms with Gasteiger partial charge in [0.25, 0.3) is 0 Å². The van der Waals surface area contributed by atoms with E-state index in [2.05, 4.69) is 42.6 Å². The summed E-state index contributed by atoms with van der Waals surface area (Å²) >= 11 is 0. The van der Waals surface area contributed by atoms with Crippen LogP contribution in [0.25, 0.3) is 0 Å². The van der Waals surface area contributed by atoms with Gasteiger partial charge in [0.1, 0.15) is 0 Å². The number of rotatable bonds is 4. The van der Waals surface area contributed by atoms with E-state index in [1.807, 2.05) is 6.26 Å². The molecule has 2 nitrogen and oxygen atoms in total. The number of likely N-dealkylation sites (N-methyl/N-ethyl adjacent to an activating group) is 1. The summed E-state index contributed by atoms with van der Waals surface area (Å²) in [7, 11) is 0. The Kier molecular flexibility index (Phi) is 3.69. The summed E-state index contributed by atoms with van der Waals surface area (Å²) in [5.41, 5.74) is 4.30. The lowest BCUT2D eigenvalue weighted by Gasteiger charge is -2.32. The van der Waals surface area contributed by atoms with Crippen LogP contribution in [0.4, 0.5) is 0 Å². The first kappa shape index (κ1) is 12.5. The molecule has 1 aliphatic rings. The maximum atomic E-state index is 5.28. The van der Waals surface area contributed by atoms with E-state index >= 15 is 0 Å². The van der Waals surface area contributed by atoms with Gasteiger partial charge in [-0.1, -0.05) is 31.2 Å². The summed E-state index contributed by atoms with van der Waals surface area (Å²) in [5.74, 6) is 0.558. The second kappa shape index (κ2) is 5.62. The summed E-state index contributed by atoms with van der Waals surface area (Å²) in [6.45, 7) is 3.15. The van der Waals surface area contributed by atoms with Gasteiger partial charge in [0.2, 0.25) is 0 Å². The first-order chi connectivity index (χ1) is 9.40.